The molecule has 24 heavy (non-hydrogen) atoms. The quantitative estimate of drug-likeness (QED) is 0.731. The summed E-state index contributed by atoms with van der Waals surface area (Å²) in [5.41, 5.74) is 2.62. The Balaban J connectivity index is 1.99. The maximum absolute atomic E-state index is 12.9. The molecule has 4 rings (SSSR count). The predicted octanol–water partition coefficient (Wildman–Crippen LogP) is 3.83. The SMILES string of the molecule is CC(=O)c1c(C2=CC(=O)c3ccccc3C2=O)[nH]c2ccccc12. The maximum atomic E-state index is 12.9. The van der Waals surface area contributed by atoms with Gasteiger partial charge in [-0.1, -0.05) is 42.5 Å². The monoisotopic (exact) mass is 315 g/mol. The van der Waals surface area contributed by atoms with E-state index in [9.17, 15) is 14.4 Å². The lowest BCUT2D eigenvalue weighted by Crippen LogP contribution is -2.17. The molecule has 2 aromatic carbocycles. The van der Waals surface area contributed by atoms with Gasteiger partial charge in [-0.05, 0) is 19.1 Å². The Bertz CT molecular complexity index is 1070. The van der Waals surface area contributed by atoms with E-state index in [2.05, 4.69) is 4.98 Å². The smallest absolute Gasteiger partial charge is 0.196 e. The molecule has 4 nitrogen and oxygen atoms in total. The normalized spacial score (nSPS) is 13.8. The third kappa shape index (κ3) is 1.97. The van der Waals surface area contributed by atoms with Crippen molar-refractivity contribution in [1.29, 1.82) is 0 Å². The minimum absolute atomic E-state index is 0.151. The number of para-hydroxylation sites is 1. The van der Waals surface area contributed by atoms with Crippen LogP contribution in [0.2, 0.25) is 0 Å². The number of fused-ring (bicyclic) bond motifs is 2. The summed E-state index contributed by atoms with van der Waals surface area (Å²) in [6.07, 6.45) is 1.32. The minimum Gasteiger partial charge on any atom is -0.354 e. The second-order valence-corrected chi connectivity index (χ2v) is 5.77. The van der Waals surface area contributed by atoms with Crippen molar-refractivity contribution in [1.82, 2.24) is 4.98 Å². The lowest BCUT2D eigenvalue weighted by Gasteiger charge is -2.15. The van der Waals surface area contributed by atoms with Crippen LogP contribution in [-0.4, -0.2) is 22.3 Å². The molecular formula is C20H13NO3. The van der Waals surface area contributed by atoms with Crippen LogP contribution in [0.1, 0.15) is 43.7 Å². The van der Waals surface area contributed by atoms with Crippen molar-refractivity contribution in [3.63, 3.8) is 0 Å². The Morgan fingerprint density at radius 1 is 0.917 bits per heavy atom. The number of allylic oxidation sites excluding steroid dienone is 2. The van der Waals surface area contributed by atoms with Gasteiger partial charge in [0.05, 0.1) is 16.8 Å². The Labute approximate surface area is 137 Å². The number of carbonyl (C=O) groups excluding carboxylic acids is 3. The third-order valence-corrected chi connectivity index (χ3v) is 4.28. The zero-order valence-corrected chi connectivity index (χ0v) is 12.9. The van der Waals surface area contributed by atoms with Gasteiger partial charge in [0.15, 0.2) is 17.3 Å². The number of carbonyl (C=O) groups is 3. The summed E-state index contributed by atoms with van der Waals surface area (Å²) in [6, 6.07) is 14.1. The van der Waals surface area contributed by atoms with Crippen molar-refractivity contribution >= 4 is 33.8 Å². The molecule has 0 atom stereocenters. The summed E-state index contributed by atoms with van der Waals surface area (Å²) in [5, 5.41) is 0.750. The Hall–Kier alpha value is -3.27. The first-order valence-corrected chi connectivity index (χ1v) is 7.59. The van der Waals surface area contributed by atoms with E-state index in [1.807, 2.05) is 24.3 Å². The zero-order chi connectivity index (χ0) is 16.8. The second kappa shape index (κ2) is 5.13. The summed E-state index contributed by atoms with van der Waals surface area (Å²) >= 11 is 0. The second-order valence-electron chi connectivity index (χ2n) is 5.77. The average Bonchev–Trinajstić information content (AvgIpc) is 2.97. The van der Waals surface area contributed by atoms with Gasteiger partial charge in [0.25, 0.3) is 0 Å². The summed E-state index contributed by atoms with van der Waals surface area (Å²) in [6.45, 7) is 1.46. The van der Waals surface area contributed by atoms with E-state index >= 15 is 0 Å². The number of rotatable bonds is 2. The summed E-state index contributed by atoms with van der Waals surface area (Å²) < 4.78 is 0. The fraction of sp³-hybridized carbons (Fsp3) is 0.0500. The molecule has 0 radical (unpaired) electrons. The van der Waals surface area contributed by atoms with Gasteiger partial charge in [0.1, 0.15) is 0 Å². The highest BCUT2D eigenvalue weighted by Crippen LogP contribution is 2.33. The molecule has 0 amide bonds. The Morgan fingerprint density at radius 3 is 2.33 bits per heavy atom. The van der Waals surface area contributed by atoms with E-state index in [1.165, 1.54) is 13.0 Å². The predicted molar refractivity (Wildman–Crippen MR) is 91.4 cm³/mol. The molecule has 1 aromatic heterocycles. The molecule has 1 N–H and O–H groups in total. The van der Waals surface area contributed by atoms with Crippen molar-refractivity contribution in [2.24, 2.45) is 0 Å². The molecule has 0 aliphatic heterocycles. The van der Waals surface area contributed by atoms with E-state index in [4.69, 9.17) is 0 Å². The van der Waals surface area contributed by atoms with E-state index in [-0.39, 0.29) is 22.9 Å². The molecular weight excluding hydrogens is 302 g/mol. The molecule has 3 aromatic rings. The average molecular weight is 315 g/mol. The first-order valence-electron chi connectivity index (χ1n) is 7.59. The van der Waals surface area contributed by atoms with Crippen LogP contribution in [0.3, 0.4) is 0 Å². The van der Waals surface area contributed by atoms with Gasteiger partial charge in [-0.2, -0.15) is 0 Å². The van der Waals surface area contributed by atoms with Crippen LogP contribution < -0.4 is 0 Å². The van der Waals surface area contributed by atoms with Crippen molar-refractivity contribution < 1.29 is 14.4 Å². The minimum atomic E-state index is -0.251. The van der Waals surface area contributed by atoms with Crippen LogP contribution >= 0.6 is 0 Å². The molecule has 0 bridgehead atoms. The van der Waals surface area contributed by atoms with E-state index < -0.39 is 0 Å². The van der Waals surface area contributed by atoms with Gasteiger partial charge in [-0.3, -0.25) is 14.4 Å². The van der Waals surface area contributed by atoms with Gasteiger partial charge in [-0.15, -0.1) is 0 Å². The fourth-order valence-corrected chi connectivity index (χ4v) is 3.21. The lowest BCUT2D eigenvalue weighted by atomic mass is 9.86. The van der Waals surface area contributed by atoms with Gasteiger partial charge < -0.3 is 4.98 Å². The standard InChI is InChI=1S/C20H13NO3/c1-11(22)18-14-8-4-5-9-16(14)21-19(18)15-10-17(23)12-6-2-3-7-13(12)20(15)24/h2-10,21H,1H3. The van der Waals surface area contributed by atoms with Gasteiger partial charge in [-0.25, -0.2) is 0 Å². The topological polar surface area (TPSA) is 67.0 Å². The molecule has 1 aliphatic rings. The van der Waals surface area contributed by atoms with E-state index in [1.54, 1.807) is 24.3 Å². The molecule has 116 valence electrons. The number of aromatic nitrogens is 1. The number of nitrogens with one attached hydrogen (secondary N) is 1. The van der Waals surface area contributed by atoms with Crippen molar-refractivity contribution in [2.75, 3.05) is 0 Å². The number of ketones is 3. The van der Waals surface area contributed by atoms with Gasteiger partial charge in [0.2, 0.25) is 0 Å². The summed E-state index contributed by atoms with van der Waals surface area (Å²) in [5.74, 6) is -0.630. The number of benzene rings is 2. The van der Waals surface area contributed by atoms with Crippen LogP contribution in [0.15, 0.2) is 54.6 Å². The van der Waals surface area contributed by atoms with Crippen LogP contribution in [0.5, 0.6) is 0 Å². The van der Waals surface area contributed by atoms with Crippen molar-refractivity contribution in [3.05, 3.63) is 77.0 Å². The molecule has 1 aliphatic carbocycles. The summed E-state index contributed by atoms with van der Waals surface area (Å²) in [4.78, 5) is 40.6. The van der Waals surface area contributed by atoms with Crippen molar-refractivity contribution in [3.8, 4) is 0 Å². The number of H-pyrrole nitrogens is 1. The Kier molecular flexibility index (Phi) is 3.06. The number of Topliss-reactive ketones (excluding diaryl/α,β-unsaturated/α-hetero) is 2. The van der Waals surface area contributed by atoms with E-state index in [0.717, 1.165) is 10.9 Å². The fourth-order valence-electron chi connectivity index (χ4n) is 3.21. The van der Waals surface area contributed by atoms with Gasteiger partial charge in [0, 0.05) is 22.0 Å². The number of hydrogen-bond acceptors (Lipinski definition) is 3. The van der Waals surface area contributed by atoms with Crippen molar-refractivity contribution in [2.45, 2.75) is 6.92 Å². The number of aromatic amines is 1. The third-order valence-electron chi connectivity index (χ3n) is 4.28. The highest BCUT2D eigenvalue weighted by Gasteiger charge is 2.29. The highest BCUT2D eigenvalue weighted by molar-refractivity contribution is 6.39. The van der Waals surface area contributed by atoms with Gasteiger partial charge >= 0.3 is 0 Å². The van der Waals surface area contributed by atoms with Crippen LogP contribution in [-0.2, 0) is 0 Å². The molecule has 0 saturated carbocycles. The van der Waals surface area contributed by atoms with Crippen LogP contribution in [0.25, 0.3) is 16.5 Å². The molecule has 0 unspecified atom stereocenters. The largest absolute Gasteiger partial charge is 0.354 e. The first kappa shape index (κ1) is 14.3. The van der Waals surface area contributed by atoms with E-state index in [0.29, 0.717) is 22.4 Å². The Morgan fingerprint density at radius 2 is 1.58 bits per heavy atom. The first-order chi connectivity index (χ1) is 11.6. The lowest BCUT2D eigenvalue weighted by molar-refractivity contribution is 0.0999. The highest BCUT2D eigenvalue weighted by atomic mass is 16.1. The molecule has 0 fully saturated rings. The molecule has 0 spiro atoms. The zero-order valence-electron chi connectivity index (χ0n) is 12.9. The molecule has 0 saturated heterocycles. The molecule has 1 heterocycles. The van der Waals surface area contributed by atoms with Crippen LogP contribution in [0, 0.1) is 0 Å². The molecule has 4 heteroatoms. The summed E-state index contributed by atoms with van der Waals surface area (Å²) in [7, 11) is 0. The number of hydrogen-bond donors (Lipinski definition) is 1. The maximum Gasteiger partial charge on any atom is 0.196 e. The van der Waals surface area contributed by atoms with Crippen LogP contribution in [0.4, 0.5) is 0 Å².